The van der Waals surface area contributed by atoms with Gasteiger partial charge in [-0.2, -0.15) is 0 Å². The van der Waals surface area contributed by atoms with Crippen LogP contribution in [0.3, 0.4) is 0 Å². The van der Waals surface area contributed by atoms with E-state index in [1.165, 1.54) is 0 Å². The van der Waals surface area contributed by atoms with Crippen LogP contribution in [-0.4, -0.2) is 19.2 Å². The van der Waals surface area contributed by atoms with E-state index >= 15 is 0 Å². The van der Waals surface area contributed by atoms with Crippen LogP contribution in [0.4, 0.5) is 0 Å². The van der Waals surface area contributed by atoms with Crippen LogP contribution in [0.1, 0.15) is 4.88 Å². The molecule has 90 valence electrons. The molecule has 0 amide bonds. The van der Waals surface area contributed by atoms with Gasteiger partial charge in [0.25, 0.3) is 0 Å². The first-order valence-corrected chi connectivity index (χ1v) is 6.61. The number of halogens is 1. The van der Waals surface area contributed by atoms with Crippen LogP contribution in [0.5, 0.6) is 11.5 Å². The molecule has 0 N–H and O–H groups in total. The normalized spacial score (nSPS) is 10.4. The maximum Gasteiger partial charge on any atom is 0.125 e. The second-order valence-electron chi connectivity index (χ2n) is 3.47. The number of hydrogen-bond donors (Lipinski definition) is 0. The lowest BCUT2D eigenvalue weighted by atomic mass is 10.2. The molecule has 1 aromatic carbocycles. The maximum atomic E-state index is 5.24. The van der Waals surface area contributed by atoms with E-state index in [1.807, 2.05) is 25.1 Å². The zero-order chi connectivity index (χ0) is 12.4. The van der Waals surface area contributed by atoms with Gasteiger partial charge in [-0.05, 0) is 35.0 Å². The summed E-state index contributed by atoms with van der Waals surface area (Å²) in [6.07, 6.45) is 0. The van der Waals surface area contributed by atoms with Gasteiger partial charge in [0, 0.05) is 16.5 Å². The molecule has 0 aliphatic carbocycles. The summed E-state index contributed by atoms with van der Waals surface area (Å²) in [6.45, 7) is 2.03. The van der Waals surface area contributed by atoms with E-state index in [0.29, 0.717) is 0 Å². The van der Waals surface area contributed by atoms with Crippen molar-refractivity contribution in [1.29, 1.82) is 0 Å². The minimum atomic E-state index is 0.767. The number of nitrogens with zero attached hydrogens (tertiary/aromatic N) is 1. The molecule has 0 saturated carbocycles. The Labute approximate surface area is 113 Å². The van der Waals surface area contributed by atoms with Crippen LogP contribution < -0.4 is 9.47 Å². The van der Waals surface area contributed by atoms with Crippen molar-refractivity contribution in [3.8, 4) is 22.1 Å². The smallest absolute Gasteiger partial charge is 0.125 e. The molecule has 3 nitrogen and oxygen atoms in total. The lowest BCUT2D eigenvalue weighted by Crippen LogP contribution is -1.88. The molecule has 1 aromatic heterocycles. The standard InChI is InChI=1S/C12H12BrNO2S/c1-7-11(13)14-12(17-7)8-4-9(15-2)6-10(5-8)16-3/h4-6H,1-3H3. The molecule has 0 aliphatic rings. The highest BCUT2D eigenvalue weighted by molar-refractivity contribution is 9.10. The van der Waals surface area contributed by atoms with Gasteiger partial charge in [0.05, 0.1) is 14.2 Å². The maximum absolute atomic E-state index is 5.24. The van der Waals surface area contributed by atoms with E-state index in [9.17, 15) is 0 Å². The number of benzene rings is 1. The largest absolute Gasteiger partial charge is 0.497 e. The number of aromatic nitrogens is 1. The van der Waals surface area contributed by atoms with Crippen molar-refractivity contribution in [3.05, 3.63) is 27.7 Å². The van der Waals surface area contributed by atoms with Gasteiger partial charge in [0.1, 0.15) is 21.1 Å². The Morgan fingerprint density at radius 3 is 2.12 bits per heavy atom. The summed E-state index contributed by atoms with van der Waals surface area (Å²) in [5.41, 5.74) is 1.00. The first kappa shape index (κ1) is 12.4. The Morgan fingerprint density at radius 2 is 1.71 bits per heavy atom. The van der Waals surface area contributed by atoms with Crippen LogP contribution in [0.2, 0.25) is 0 Å². The molecule has 0 atom stereocenters. The van der Waals surface area contributed by atoms with E-state index in [1.54, 1.807) is 25.6 Å². The lowest BCUT2D eigenvalue weighted by Gasteiger charge is -2.06. The third kappa shape index (κ3) is 2.61. The second-order valence-corrected chi connectivity index (χ2v) is 5.42. The SMILES string of the molecule is COc1cc(OC)cc(-c2nc(Br)c(C)s2)c1. The number of thiazole rings is 1. The summed E-state index contributed by atoms with van der Waals surface area (Å²) in [4.78, 5) is 5.61. The van der Waals surface area contributed by atoms with E-state index in [0.717, 1.165) is 31.6 Å². The highest BCUT2D eigenvalue weighted by atomic mass is 79.9. The molecular weight excluding hydrogens is 302 g/mol. The number of methoxy groups -OCH3 is 2. The van der Waals surface area contributed by atoms with Gasteiger partial charge in [0.15, 0.2) is 0 Å². The molecule has 2 rings (SSSR count). The third-order valence-corrected chi connectivity index (χ3v) is 4.39. The first-order valence-electron chi connectivity index (χ1n) is 5.00. The molecule has 1 heterocycles. The van der Waals surface area contributed by atoms with Gasteiger partial charge >= 0.3 is 0 Å². The molecule has 0 unspecified atom stereocenters. The van der Waals surface area contributed by atoms with E-state index in [2.05, 4.69) is 20.9 Å². The van der Waals surface area contributed by atoms with Crippen molar-refractivity contribution < 1.29 is 9.47 Å². The number of hydrogen-bond acceptors (Lipinski definition) is 4. The average Bonchev–Trinajstić information content (AvgIpc) is 2.69. The molecule has 2 aromatic rings. The molecule has 5 heteroatoms. The average molecular weight is 314 g/mol. The van der Waals surface area contributed by atoms with Crippen LogP contribution in [-0.2, 0) is 0 Å². The molecule has 0 spiro atoms. The van der Waals surface area contributed by atoms with Gasteiger partial charge < -0.3 is 9.47 Å². The van der Waals surface area contributed by atoms with Crippen LogP contribution in [0.15, 0.2) is 22.8 Å². The minimum Gasteiger partial charge on any atom is -0.497 e. The zero-order valence-electron chi connectivity index (χ0n) is 9.78. The van der Waals surface area contributed by atoms with Crippen LogP contribution >= 0.6 is 27.3 Å². The molecule has 0 bridgehead atoms. The summed E-state index contributed by atoms with van der Waals surface area (Å²) >= 11 is 5.06. The van der Waals surface area contributed by atoms with Gasteiger partial charge in [-0.3, -0.25) is 0 Å². The van der Waals surface area contributed by atoms with Crippen molar-refractivity contribution in [2.24, 2.45) is 0 Å². The Kier molecular flexibility index (Phi) is 3.69. The van der Waals surface area contributed by atoms with Crippen molar-refractivity contribution in [1.82, 2.24) is 4.98 Å². The summed E-state index contributed by atoms with van der Waals surface area (Å²) in [6, 6.07) is 5.75. The number of aryl methyl sites for hydroxylation is 1. The Balaban J connectivity index is 2.50. The molecule has 0 radical (unpaired) electrons. The zero-order valence-corrected chi connectivity index (χ0v) is 12.2. The Morgan fingerprint density at radius 1 is 1.12 bits per heavy atom. The van der Waals surface area contributed by atoms with E-state index in [4.69, 9.17) is 9.47 Å². The van der Waals surface area contributed by atoms with Crippen molar-refractivity contribution in [3.63, 3.8) is 0 Å². The van der Waals surface area contributed by atoms with Gasteiger partial charge in [-0.25, -0.2) is 4.98 Å². The summed E-state index contributed by atoms with van der Waals surface area (Å²) in [7, 11) is 3.28. The topological polar surface area (TPSA) is 31.4 Å². The van der Waals surface area contributed by atoms with Gasteiger partial charge in [-0.15, -0.1) is 11.3 Å². The van der Waals surface area contributed by atoms with E-state index in [-0.39, 0.29) is 0 Å². The fourth-order valence-corrected chi connectivity index (χ4v) is 2.76. The predicted molar refractivity (Wildman–Crippen MR) is 73.1 cm³/mol. The predicted octanol–water partition coefficient (Wildman–Crippen LogP) is 3.90. The van der Waals surface area contributed by atoms with Crippen molar-refractivity contribution in [2.75, 3.05) is 14.2 Å². The van der Waals surface area contributed by atoms with Crippen molar-refractivity contribution >= 4 is 27.3 Å². The highest BCUT2D eigenvalue weighted by Gasteiger charge is 2.10. The molecule has 0 aliphatic heterocycles. The fraction of sp³-hybridized carbons (Fsp3) is 0.250. The number of ether oxygens (including phenoxy) is 2. The molecular formula is C12H12BrNO2S. The quantitative estimate of drug-likeness (QED) is 0.861. The summed E-state index contributed by atoms with van der Waals surface area (Å²) in [5, 5.41) is 0.951. The summed E-state index contributed by atoms with van der Waals surface area (Å²) < 4.78 is 11.4. The van der Waals surface area contributed by atoms with E-state index < -0.39 is 0 Å². The minimum absolute atomic E-state index is 0.767. The second kappa shape index (κ2) is 5.06. The molecule has 0 saturated heterocycles. The summed E-state index contributed by atoms with van der Waals surface area (Å²) in [5.74, 6) is 1.53. The monoisotopic (exact) mass is 313 g/mol. The Hall–Kier alpha value is -1.07. The van der Waals surface area contributed by atoms with Gasteiger partial charge in [0.2, 0.25) is 0 Å². The third-order valence-electron chi connectivity index (χ3n) is 2.34. The van der Waals surface area contributed by atoms with Crippen LogP contribution in [0.25, 0.3) is 10.6 Å². The Bertz CT molecular complexity index is 498. The fourth-order valence-electron chi connectivity index (χ4n) is 1.43. The highest BCUT2D eigenvalue weighted by Crippen LogP contribution is 2.34. The van der Waals surface area contributed by atoms with Gasteiger partial charge in [-0.1, -0.05) is 0 Å². The van der Waals surface area contributed by atoms with Crippen molar-refractivity contribution in [2.45, 2.75) is 6.92 Å². The number of rotatable bonds is 3. The lowest BCUT2D eigenvalue weighted by molar-refractivity contribution is 0.394. The van der Waals surface area contributed by atoms with Crippen LogP contribution in [0, 0.1) is 6.92 Å². The molecule has 17 heavy (non-hydrogen) atoms. The first-order chi connectivity index (χ1) is 8.13. The molecule has 0 fully saturated rings.